The van der Waals surface area contributed by atoms with Crippen LogP contribution in [0.3, 0.4) is 0 Å². The van der Waals surface area contributed by atoms with E-state index in [9.17, 15) is 29.4 Å². The van der Waals surface area contributed by atoms with Crippen LogP contribution < -0.4 is 10.2 Å². The van der Waals surface area contributed by atoms with Crippen LogP contribution in [0.15, 0.2) is 36.7 Å². The number of rotatable bonds is 4. The molecule has 0 aliphatic rings. The van der Waals surface area contributed by atoms with Gasteiger partial charge in [-0.3, -0.25) is 9.97 Å². The largest absolute Gasteiger partial charge is 2.00 e. The summed E-state index contributed by atoms with van der Waals surface area (Å²) in [7, 11) is 0. The molecule has 0 saturated heterocycles. The molecule has 13 heteroatoms. The summed E-state index contributed by atoms with van der Waals surface area (Å²) >= 11 is 0. The Hall–Kier alpha value is -3.38. The number of nitrogens with zero attached hydrogens (tertiary/aromatic N) is 2. The minimum Gasteiger partial charge on any atom is -0.543 e. The van der Waals surface area contributed by atoms with Crippen molar-refractivity contribution in [1.82, 2.24) is 9.97 Å². The van der Waals surface area contributed by atoms with E-state index >= 15 is 0 Å². The number of hydrogen-bond acceptors (Lipinski definition) is 8. The van der Waals surface area contributed by atoms with Gasteiger partial charge >= 0.3 is 29.0 Å². The molecular weight excluding hydrogens is 420 g/mol. The van der Waals surface area contributed by atoms with E-state index < -0.39 is 23.9 Å². The van der Waals surface area contributed by atoms with Crippen LogP contribution in [0.25, 0.3) is 0 Å². The first-order valence-corrected chi connectivity index (χ1v) is 6.03. The van der Waals surface area contributed by atoms with Crippen LogP contribution in [0.1, 0.15) is 41.7 Å². The third-order valence-corrected chi connectivity index (χ3v) is 2.43. The van der Waals surface area contributed by atoms with Gasteiger partial charge in [0, 0.05) is 12.4 Å². The maximum absolute atomic E-state index is 10.3. The zero-order chi connectivity index (χ0) is 18.3. The summed E-state index contributed by atoms with van der Waals surface area (Å²) in [6.45, 7) is 0. The quantitative estimate of drug-likeness (QED) is 0.454. The van der Waals surface area contributed by atoms with Crippen molar-refractivity contribution < 1.29 is 67.6 Å². The molecule has 0 unspecified atom stereocenters. The van der Waals surface area contributed by atoms with Crippen molar-refractivity contribution in [2.24, 2.45) is 0 Å². The third kappa shape index (κ3) is 9.04. The van der Waals surface area contributed by atoms with E-state index in [0.29, 0.717) is 0 Å². The summed E-state index contributed by atoms with van der Waals surface area (Å²) in [5.41, 5.74) is -1.00. The number of carbonyl (C=O) groups excluding carboxylic acids is 2. The van der Waals surface area contributed by atoms with E-state index in [0.717, 1.165) is 24.5 Å². The number of carboxylic acid groups (broad SMARTS) is 4. The predicted octanol–water partition coefficient (Wildman–Crippen LogP) is -3.37. The average Bonchev–Trinajstić information content (AvgIpc) is 2.55. The molecule has 0 bridgehead atoms. The van der Waals surface area contributed by atoms with Crippen molar-refractivity contribution in [3.05, 3.63) is 59.2 Å². The summed E-state index contributed by atoms with van der Waals surface area (Å²) in [6, 6.07) is 4.29. The summed E-state index contributed by atoms with van der Waals surface area (Å²) in [4.78, 5) is 47.9. The minimum absolute atomic E-state index is 0. The molecule has 27 heavy (non-hydrogen) atoms. The molecule has 0 saturated carbocycles. The van der Waals surface area contributed by atoms with Gasteiger partial charge in [0.05, 0.1) is 34.5 Å². The van der Waals surface area contributed by atoms with Crippen LogP contribution in [0.5, 0.6) is 0 Å². The van der Waals surface area contributed by atoms with Gasteiger partial charge in [-0.1, -0.05) is 0 Å². The van der Waals surface area contributed by atoms with E-state index in [-0.39, 0.29) is 50.5 Å². The summed E-state index contributed by atoms with van der Waals surface area (Å²) < 4.78 is 0. The Morgan fingerprint density at radius 2 is 1.04 bits per heavy atom. The first-order valence-electron chi connectivity index (χ1n) is 6.03. The average molecular weight is 432 g/mol. The fraction of sp³-hybridized carbons (Fsp3) is 0. The van der Waals surface area contributed by atoms with Crippen LogP contribution in [0.4, 0.5) is 0 Å². The van der Waals surface area contributed by atoms with Gasteiger partial charge in [0.15, 0.2) is 0 Å². The molecule has 0 atom stereocenters. The fourth-order valence-electron chi connectivity index (χ4n) is 1.35. The maximum Gasteiger partial charge on any atom is 2.00 e. The Balaban J connectivity index is -0.000000384. The first kappa shape index (κ1) is 28.4. The molecule has 149 valence electrons. The van der Waals surface area contributed by atoms with E-state index in [2.05, 4.69) is 9.97 Å². The van der Waals surface area contributed by atoms with Crippen molar-refractivity contribution in [2.75, 3.05) is 0 Å². The van der Waals surface area contributed by atoms with Gasteiger partial charge < -0.3 is 41.0 Å². The molecule has 2 rings (SSSR count). The first-order chi connectivity index (χ1) is 11.2. The number of carbonyl (C=O) groups is 4. The number of carboxylic acids is 4. The molecule has 2 heterocycles. The normalized spacial score (nSPS) is 8.30. The van der Waals surface area contributed by atoms with Crippen LogP contribution in [-0.4, -0.2) is 55.0 Å². The number of aromatic nitrogens is 2. The molecule has 0 aliphatic heterocycles. The summed E-state index contributed by atoms with van der Waals surface area (Å²) in [5, 5.41) is 37.3. The minimum atomic E-state index is -1.49. The third-order valence-electron chi connectivity index (χ3n) is 2.43. The number of aromatic carboxylic acids is 4. The second kappa shape index (κ2) is 12.9. The van der Waals surface area contributed by atoms with Gasteiger partial charge in [0.1, 0.15) is 0 Å². The molecule has 0 amide bonds. The second-order valence-corrected chi connectivity index (χ2v) is 4.04. The van der Waals surface area contributed by atoms with Crippen molar-refractivity contribution in [1.29, 1.82) is 0 Å². The van der Waals surface area contributed by atoms with Crippen LogP contribution >= 0.6 is 0 Å². The molecule has 6 N–H and O–H groups in total. The monoisotopic (exact) mass is 431 g/mol. The summed E-state index contributed by atoms with van der Waals surface area (Å²) in [6.07, 6.45) is 2.21. The molecule has 0 fully saturated rings. The molecule has 1 radical (unpaired) electrons. The van der Waals surface area contributed by atoms with Gasteiger partial charge in [-0.05, 0) is 24.3 Å². The molecule has 2 aromatic heterocycles. The predicted molar refractivity (Wildman–Crippen MR) is 78.3 cm³/mol. The van der Waals surface area contributed by atoms with E-state index in [1.54, 1.807) is 0 Å². The fourth-order valence-corrected chi connectivity index (χ4v) is 1.35. The Morgan fingerprint density at radius 3 is 1.26 bits per heavy atom. The van der Waals surface area contributed by atoms with Gasteiger partial charge in [-0.15, -0.1) is 0 Å². The van der Waals surface area contributed by atoms with Crippen molar-refractivity contribution in [2.45, 2.75) is 0 Å². The maximum atomic E-state index is 10.3. The van der Waals surface area contributed by atoms with Crippen molar-refractivity contribution in [3.63, 3.8) is 0 Å². The molecule has 12 nitrogen and oxygen atoms in total. The Labute approximate surface area is 161 Å². The zero-order valence-electron chi connectivity index (χ0n) is 13.0. The summed E-state index contributed by atoms with van der Waals surface area (Å²) in [5.74, 6) is -5.36. The smallest absolute Gasteiger partial charge is 0.543 e. The van der Waals surface area contributed by atoms with E-state index in [1.807, 2.05) is 0 Å². The van der Waals surface area contributed by atoms with Crippen molar-refractivity contribution >= 4 is 23.9 Å². The standard InChI is InChI=1S/2C7H5NO4.Cu.2H2O/c2*9-6(10)4-1-2-8-5(3-4)7(11)12;;;/h2*1-3H,(H,9,10)(H,11,12);;2*1H2/q;;+2;;/p-2. The van der Waals surface area contributed by atoms with Gasteiger partial charge in [0.25, 0.3) is 0 Å². The van der Waals surface area contributed by atoms with Crippen LogP contribution in [0.2, 0.25) is 0 Å². The van der Waals surface area contributed by atoms with Gasteiger partial charge in [-0.25, -0.2) is 9.59 Å². The van der Waals surface area contributed by atoms with Crippen LogP contribution in [-0.2, 0) is 17.1 Å². The van der Waals surface area contributed by atoms with Gasteiger partial charge in [-0.2, -0.15) is 0 Å². The Bertz CT molecular complexity index is 686. The van der Waals surface area contributed by atoms with Gasteiger partial charge in [0.2, 0.25) is 0 Å². The SMILES string of the molecule is O.O.O=C(O)c1ccnc(C(=O)[O-])c1.O=C(O)c1ccnc(C(=O)[O-])c1.[Cu+2]. The van der Waals surface area contributed by atoms with E-state index in [4.69, 9.17) is 10.2 Å². The van der Waals surface area contributed by atoms with Crippen LogP contribution in [0, 0.1) is 0 Å². The molecule has 0 spiro atoms. The molecule has 2 aromatic rings. The van der Waals surface area contributed by atoms with Crippen molar-refractivity contribution in [3.8, 4) is 0 Å². The topological polar surface area (TPSA) is 244 Å². The molecular formula is C14H12CuN2O10. The molecule has 0 aromatic carbocycles. The Morgan fingerprint density at radius 1 is 0.741 bits per heavy atom. The second-order valence-electron chi connectivity index (χ2n) is 4.04. The van der Waals surface area contributed by atoms with E-state index in [1.165, 1.54) is 12.1 Å². The number of hydrogen-bond donors (Lipinski definition) is 2. The zero-order valence-corrected chi connectivity index (χ0v) is 13.9. The Kier molecular flexibility index (Phi) is 13.6. The number of pyridine rings is 2. The molecule has 0 aliphatic carbocycles.